The molecule has 0 heterocycles. The number of rotatable bonds is 7. The molecule has 0 unspecified atom stereocenters. The molecule has 11 heteroatoms. The number of carbonyl (C=O) groups is 2. The number of benzene rings is 3. The van der Waals surface area contributed by atoms with Crippen molar-refractivity contribution in [3.8, 4) is 6.07 Å². The maximum Gasteiger partial charge on any atom is 0.490 e. The fourth-order valence-electron chi connectivity index (χ4n) is 4.72. The van der Waals surface area contributed by atoms with E-state index in [9.17, 15) is 23.2 Å². The summed E-state index contributed by atoms with van der Waals surface area (Å²) in [5.41, 5.74) is 2.36. The number of anilines is 1. The third kappa shape index (κ3) is 9.04. The summed E-state index contributed by atoms with van der Waals surface area (Å²) >= 11 is 12.2. The van der Waals surface area contributed by atoms with Crippen LogP contribution in [0.15, 0.2) is 54.6 Å². The van der Waals surface area contributed by atoms with Gasteiger partial charge >= 0.3 is 12.1 Å². The van der Waals surface area contributed by atoms with Gasteiger partial charge in [0.25, 0.3) is 0 Å². The first-order valence-electron chi connectivity index (χ1n) is 12.7. The number of hydrogen-bond acceptors (Lipinski definition) is 4. The number of hydrogen-bond donors (Lipinski definition) is 3. The Hall–Kier alpha value is -3.48. The monoisotopic (exact) mass is 593 g/mol. The maximum absolute atomic E-state index is 13.3. The molecule has 212 valence electrons. The highest BCUT2D eigenvalue weighted by atomic mass is 35.5. The van der Waals surface area contributed by atoms with Crippen molar-refractivity contribution in [1.29, 1.82) is 5.26 Å². The van der Waals surface area contributed by atoms with E-state index in [4.69, 9.17) is 33.1 Å². The number of halogens is 5. The van der Waals surface area contributed by atoms with Crippen molar-refractivity contribution in [3.63, 3.8) is 0 Å². The molecule has 1 aliphatic rings. The van der Waals surface area contributed by atoms with Gasteiger partial charge in [-0.05, 0) is 48.2 Å². The van der Waals surface area contributed by atoms with Gasteiger partial charge in [0.1, 0.15) is 6.04 Å². The van der Waals surface area contributed by atoms with Gasteiger partial charge in [-0.2, -0.15) is 18.4 Å². The quantitative estimate of drug-likeness (QED) is 0.260. The summed E-state index contributed by atoms with van der Waals surface area (Å²) < 4.78 is 31.7. The molecular weight excluding hydrogens is 566 g/mol. The van der Waals surface area contributed by atoms with Gasteiger partial charge in [0.15, 0.2) is 0 Å². The third-order valence-corrected chi connectivity index (χ3v) is 7.05. The zero-order valence-corrected chi connectivity index (χ0v) is 22.9. The molecule has 0 radical (unpaired) electrons. The number of alkyl halides is 3. The van der Waals surface area contributed by atoms with E-state index >= 15 is 0 Å². The number of aliphatic carboxylic acids is 1. The Morgan fingerprint density at radius 2 is 1.60 bits per heavy atom. The van der Waals surface area contributed by atoms with Crippen LogP contribution in [-0.4, -0.2) is 29.2 Å². The van der Waals surface area contributed by atoms with Crippen molar-refractivity contribution in [3.05, 3.63) is 75.8 Å². The fourth-order valence-corrected chi connectivity index (χ4v) is 5.29. The van der Waals surface area contributed by atoms with Crippen LogP contribution in [0.2, 0.25) is 10.0 Å². The van der Waals surface area contributed by atoms with E-state index < -0.39 is 12.1 Å². The summed E-state index contributed by atoms with van der Waals surface area (Å²) in [6.45, 7) is 0.357. The van der Waals surface area contributed by atoms with Crippen LogP contribution >= 0.6 is 23.2 Å². The summed E-state index contributed by atoms with van der Waals surface area (Å²) in [4.78, 5) is 22.2. The molecule has 0 saturated heterocycles. The predicted molar refractivity (Wildman–Crippen MR) is 149 cm³/mol. The molecule has 0 spiro atoms. The maximum atomic E-state index is 13.3. The summed E-state index contributed by atoms with van der Waals surface area (Å²) in [6, 6.07) is 18.7. The Kier molecular flexibility index (Phi) is 11.1. The minimum Gasteiger partial charge on any atom is -0.475 e. The van der Waals surface area contributed by atoms with Gasteiger partial charge in [0.2, 0.25) is 5.91 Å². The summed E-state index contributed by atoms with van der Waals surface area (Å²) in [5.74, 6) is -2.29. The van der Waals surface area contributed by atoms with Crippen LogP contribution in [0.25, 0.3) is 10.8 Å². The lowest BCUT2D eigenvalue weighted by Crippen LogP contribution is -2.41. The molecule has 1 amide bonds. The van der Waals surface area contributed by atoms with Crippen LogP contribution < -0.4 is 10.6 Å². The first-order valence-corrected chi connectivity index (χ1v) is 13.4. The Labute approximate surface area is 240 Å². The number of carboxylic acids is 1. The van der Waals surface area contributed by atoms with E-state index in [0.29, 0.717) is 28.1 Å². The molecule has 3 aromatic carbocycles. The number of nitriles is 1. The second-order valence-electron chi connectivity index (χ2n) is 9.55. The Balaban J connectivity index is 0.000000559. The zero-order chi connectivity index (χ0) is 29.3. The number of carbonyl (C=O) groups excluding carboxylic acids is 1. The molecule has 4 rings (SSSR count). The summed E-state index contributed by atoms with van der Waals surface area (Å²) in [5, 5.41) is 26.1. The second kappa shape index (κ2) is 14.2. The van der Waals surface area contributed by atoms with Crippen molar-refractivity contribution in [1.82, 2.24) is 5.32 Å². The van der Waals surface area contributed by atoms with Gasteiger partial charge in [0.05, 0.1) is 11.6 Å². The van der Waals surface area contributed by atoms with E-state index in [1.807, 2.05) is 48.5 Å². The lowest BCUT2D eigenvalue weighted by Gasteiger charge is -2.27. The first kappa shape index (κ1) is 31.1. The number of fused-ring (bicyclic) bond motifs is 1. The van der Waals surface area contributed by atoms with E-state index in [-0.39, 0.29) is 11.9 Å². The van der Waals surface area contributed by atoms with Crippen LogP contribution in [0.3, 0.4) is 0 Å². The van der Waals surface area contributed by atoms with Crippen molar-refractivity contribution >= 4 is 51.5 Å². The van der Waals surface area contributed by atoms with Crippen molar-refractivity contribution in [2.75, 3.05) is 5.32 Å². The molecule has 0 aliphatic heterocycles. The van der Waals surface area contributed by atoms with Gasteiger partial charge in [0, 0.05) is 33.0 Å². The number of nitrogens with zero attached hydrogens (tertiary/aromatic N) is 1. The highest BCUT2D eigenvalue weighted by molar-refractivity contribution is 6.34. The number of amides is 1. The van der Waals surface area contributed by atoms with Gasteiger partial charge in [-0.15, -0.1) is 0 Å². The SMILES string of the molecule is N#Cc1ccc(N[C@@H](CC2CCCCC2)C(=O)NCc2cc(Cl)cc(Cl)c2)c2ccccc12.O=C(O)C(F)(F)F. The van der Waals surface area contributed by atoms with Crippen molar-refractivity contribution in [2.45, 2.75) is 57.3 Å². The average Bonchev–Trinajstić information content (AvgIpc) is 2.91. The molecule has 1 aliphatic carbocycles. The van der Waals surface area contributed by atoms with Crippen molar-refractivity contribution in [2.24, 2.45) is 5.92 Å². The number of nitrogens with one attached hydrogen (secondary N) is 2. The zero-order valence-electron chi connectivity index (χ0n) is 21.4. The molecule has 40 heavy (non-hydrogen) atoms. The van der Waals surface area contributed by atoms with E-state index in [2.05, 4.69) is 16.7 Å². The van der Waals surface area contributed by atoms with Crippen LogP contribution in [0, 0.1) is 17.2 Å². The van der Waals surface area contributed by atoms with Gasteiger partial charge in [-0.1, -0.05) is 79.6 Å². The third-order valence-electron chi connectivity index (χ3n) is 6.62. The smallest absolute Gasteiger partial charge is 0.475 e. The Morgan fingerprint density at radius 1 is 1.00 bits per heavy atom. The normalized spacial score (nSPS) is 14.4. The standard InChI is InChI=1S/C27H27Cl2N3O.C2HF3O2/c28-21-12-19(13-22(29)15-21)17-31-27(33)26(14-18-6-2-1-3-7-18)32-25-11-10-20(16-30)23-8-4-5-9-24(23)25;3-2(4,5)1(6)7/h4-5,8-13,15,18,26,32H,1-3,6-7,14,17H2,(H,31,33);(H,6,7)/t26-;/m0./s1. The Morgan fingerprint density at radius 3 is 2.17 bits per heavy atom. The topological polar surface area (TPSA) is 102 Å². The molecule has 1 atom stereocenters. The van der Waals surface area contributed by atoms with Crippen LogP contribution in [0.4, 0.5) is 18.9 Å². The van der Waals surface area contributed by atoms with E-state index in [1.165, 1.54) is 19.3 Å². The van der Waals surface area contributed by atoms with Crippen LogP contribution in [0.5, 0.6) is 0 Å². The van der Waals surface area contributed by atoms with E-state index in [1.54, 1.807) is 6.07 Å². The number of carboxylic acid groups (broad SMARTS) is 1. The molecule has 1 saturated carbocycles. The van der Waals surface area contributed by atoms with Gasteiger partial charge in [-0.25, -0.2) is 4.79 Å². The van der Waals surface area contributed by atoms with Gasteiger partial charge in [-0.3, -0.25) is 4.79 Å². The highest BCUT2D eigenvalue weighted by Crippen LogP contribution is 2.31. The lowest BCUT2D eigenvalue weighted by molar-refractivity contribution is -0.192. The summed E-state index contributed by atoms with van der Waals surface area (Å²) in [6.07, 6.45) is 1.72. The molecule has 3 N–H and O–H groups in total. The predicted octanol–water partition coefficient (Wildman–Crippen LogP) is 7.72. The minimum atomic E-state index is -5.08. The second-order valence-corrected chi connectivity index (χ2v) is 10.4. The van der Waals surface area contributed by atoms with Gasteiger partial charge < -0.3 is 15.7 Å². The van der Waals surface area contributed by atoms with Crippen molar-refractivity contribution < 1.29 is 27.9 Å². The molecule has 1 fully saturated rings. The van der Waals surface area contributed by atoms with E-state index in [0.717, 1.165) is 41.3 Å². The van der Waals surface area contributed by atoms with Crippen LogP contribution in [0.1, 0.15) is 49.7 Å². The minimum absolute atomic E-state index is 0.0508. The molecular formula is C29H28Cl2F3N3O3. The lowest BCUT2D eigenvalue weighted by atomic mass is 9.84. The average molecular weight is 594 g/mol. The van der Waals surface area contributed by atoms with Crippen LogP contribution in [-0.2, 0) is 16.1 Å². The molecule has 0 aromatic heterocycles. The molecule has 3 aromatic rings. The fraction of sp³-hybridized carbons (Fsp3) is 0.345. The molecule has 0 bridgehead atoms. The largest absolute Gasteiger partial charge is 0.490 e. The highest BCUT2D eigenvalue weighted by Gasteiger charge is 2.38. The Bertz CT molecular complexity index is 1370. The molecule has 6 nitrogen and oxygen atoms in total. The summed E-state index contributed by atoms with van der Waals surface area (Å²) in [7, 11) is 0. The first-order chi connectivity index (χ1) is 19.0.